The second-order valence-corrected chi connectivity index (χ2v) is 5.63. The van der Waals surface area contributed by atoms with Crippen LogP contribution in [0.25, 0.3) is 22.3 Å². The van der Waals surface area contributed by atoms with Crippen LogP contribution >= 0.6 is 11.3 Å². The smallest absolute Gasteiger partial charge is 0.162 e. The molecule has 2 heterocycles. The summed E-state index contributed by atoms with van der Waals surface area (Å²) in [4.78, 5) is 9.33. The van der Waals surface area contributed by atoms with E-state index in [4.69, 9.17) is 4.74 Å². The van der Waals surface area contributed by atoms with E-state index in [1.807, 2.05) is 42.6 Å². The first-order valence-corrected chi connectivity index (χ1v) is 7.78. The molecule has 1 aromatic carbocycles. The number of benzene rings is 1. The maximum Gasteiger partial charge on any atom is 0.162 e. The van der Waals surface area contributed by atoms with Gasteiger partial charge < -0.3 is 10.1 Å². The molecule has 0 saturated heterocycles. The Kier molecular flexibility index (Phi) is 4.13. The largest absolute Gasteiger partial charge is 0.380 e. The molecule has 108 valence electrons. The van der Waals surface area contributed by atoms with E-state index >= 15 is 0 Å². The minimum Gasteiger partial charge on any atom is -0.380 e. The molecule has 0 bridgehead atoms. The lowest BCUT2D eigenvalue weighted by Gasteiger charge is -2.13. The van der Waals surface area contributed by atoms with E-state index in [1.165, 1.54) is 0 Å². The van der Waals surface area contributed by atoms with Crippen molar-refractivity contribution in [1.82, 2.24) is 9.97 Å². The van der Waals surface area contributed by atoms with Crippen LogP contribution in [0.5, 0.6) is 0 Å². The number of hydrogen-bond acceptors (Lipinski definition) is 5. The van der Waals surface area contributed by atoms with Crippen LogP contribution in [-0.4, -0.2) is 29.7 Å². The lowest BCUT2D eigenvalue weighted by molar-refractivity contribution is 0.128. The fraction of sp³-hybridized carbons (Fsp3) is 0.250. The zero-order chi connectivity index (χ0) is 14.7. The zero-order valence-corrected chi connectivity index (χ0v) is 12.9. The van der Waals surface area contributed by atoms with Crippen molar-refractivity contribution in [1.29, 1.82) is 0 Å². The highest BCUT2D eigenvalue weighted by atomic mass is 32.1. The van der Waals surface area contributed by atoms with Crippen LogP contribution in [-0.2, 0) is 4.74 Å². The van der Waals surface area contributed by atoms with Gasteiger partial charge >= 0.3 is 0 Å². The molecule has 0 aliphatic rings. The average Bonchev–Trinajstić information content (AvgIpc) is 3.06. The van der Waals surface area contributed by atoms with Crippen molar-refractivity contribution in [3.63, 3.8) is 0 Å². The SMILES string of the molecule is COC(C)CNc1nc(-c2ccsc2)nc2ccccc12. The third-order valence-electron chi connectivity index (χ3n) is 3.34. The van der Waals surface area contributed by atoms with Gasteiger partial charge in [-0.25, -0.2) is 9.97 Å². The summed E-state index contributed by atoms with van der Waals surface area (Å²) >= 11 is 1.65. The fourth-order valence-corrected chi connectivity index (χ4v) is 2.69. The summed E-state index contributed by atoms with van der Waals surface area (Å²) in [6.07, 6.45) is 0.128. The molecule has 0 aliphatic carbocycles. The van der Waals surface area contributed by atoms with Crippen LogP contribution in [0.2, 0.25) is 0 Å². The monoisotopic (exact) mass is 299 g/mol. The van der Waals surface area contributed by atoms with E-state index in [-0.39, 0.29) is 6.10 Å². The molecular formula is C16H17N3OS. The van der Waals surface area contributed by atoms with Crippen molar-refractivity contribution in [2.75, 3.05) is 19.0 Å². The minimum absolute atomic E-state index is 0.128. The van der Waals surface area contributed by atoms with Gasteiger partial charge in [0, 0.05) is 30.0 Å². The molecule has 2 aromatic heterocycles. The number of ether oxygens (including phenoxy) is 1. The summed E-state index contributed by atoms with van der Waals surface area (Å²) in [5.41, 5.74) is 2.00. The summed E-state index contributed by atoms with van der Waals surface area (Å²) < 4.78 is 5.28. The van der Waals surface area contributed by atoms with Crippen molar-refractivity contribution in [2.45, 2.75) is 13.0 Å². The van der Waals surface area contributed by atoms with Gasteiger partial charge in [-0.15, -0.1) is 0 Å². The fourth-order valence-electron chi connectivity index (χ4n) is 2.06. The van der Waals surface area contributed by atoms with Crippen LogP contribution in [0.4, 0.5) is 5.82 Å². The van der Waals surface area contributed by atoms with Gasteiger partial charge in [-0.2, -0.15) is 11.3 Å². The van der Waals surface area contributed by atoms with E-state index < -0.39 is 0 Å². The Labute approximate surface area is 127 Å². The third kappa shape index (κ3) is 3.04. The van der Waals surface area contributed by atoms with E-state index in [9.17, 15) is 0 Å². The quantitative estimate of drug-likeness (QED) is 0.778. The first kappa shape index (κ1) is 14.0. The Morgan fingerprint density at radius 2 is 2.10 bits per heavy atom. The van der Waals surface area contributed by atoms with Crippen LogP contribution in [0.15, 0.2) is 41.1 Å². The minimum atomic E-state index is 0.128. The van der Waals surface area contributed by atoms with E-state index in [0.717, 1.165) is 28.1 Å². The second kappa shape index (κ2) is 6.20. The van der Waals surface area contributed by atoms with E-state index in [2.05, 4.69) is 20.7 Å². The van der Waals surface area contributed by atoms with Crippen molar-refractivity contribution in [3.8, 4) is 11.4 Å². The van der Waals surface area contributed by atoms with E-state index in [0.29, 0.717) is 6.54 Å². The van der Waals surface area contributed by atoms with Gasteiger partial charge in [0.1, 0.15) is 5.82 Å². The summed E-state index contributed by atoms with van der Waals surface area (Å²) in [6.45, 7) is 2.73. The molecule has 0 amide bonds. The van der Waals surface area contributed by atoms with Crippen molar-refractivity contribution < 1.29 is 4.74 Å². The van der Waals surface area contributed by atoms with Gasteiger partial charge in [-0.05, 0) is 30.5 Å². The predicted molar refractivity (Wildman–Crippen MR) is 87.8 cm³/mol. The molecule has 0 spiro atoms. The van der Waals surface area contributed by atoms with E-state index in [1.54, 1.807) is 18.4 Å². The molecule has 5 heteroatoms. The Bertz CT molecular complexity index is 727. The van der Waals surface area contributed by atoms with Crippen LogP contribution < -0.4 is 5.32 Å². The molecule has 3 rings (SSSR count). The highest BCUT2D eigenvalue weighted by molar-refractivity contribution is 7.08. The Hall–Kier alpha value is -1.98. The third-order valence-corrected chi connectivity index (χ3v) is 4.03. The molecule has 1 unspecified atom stereocenters. The molecule has 0 fully saturated rings. The number of nitrogens with zero attached hydrogens (tertiary/aromatic N) is 2. The lowest BCUT2D eigenvalue weighted by atomic mass is 10.2. The number of rotatable bonds is 5. The number of fused-ring (bicyclic) bond motifs is 1. The highest BCUT2D eigenvalue weighted by Gasteiger charge is 2.10. The number of anilines is 1. The molecule has 21 heavy (non-hydrogen) atoms. The predicted octanol–water partition coefficient (Wildman–Crippen LogP) is 3.81. The molecule has 1 atom stereocenters. The van der Waals surface area contributed by atoms with Crippen LogP contribution in [0.1, 0.15) is 6.92 Å². The van der Waals surface area contributed by atoms with Gasteiger partial charge in [0.05, 0.1) is 11.6 Å². The van der Waals surface area contributed by atoms with Gasteiger partial charge in [0.2, 0.25) is 0 Å². The molecule has 0 aliphatic heterocycles. The molecule has 3 aromatic rings. The normalized spacial score (nSPS) is 12.5. The number of methoxy groups -OCH3 is 1. The maximum absolute atomic E-state index is 5.28. The number of para-hydroxylation sites is 1. The van der Waals surface area contributed by atoms with Crippen LogP contribution in [0, 0.1) is 0 Å². The van der Waals surface area contributed by atoms with Crippen molar-refractivity contribution in [2.24, 2.45) is 0 Å². The Morgan fingerprint density at radius 1 is 1.24 bits per heavy atom. The summed E-state index contributed by atoms with van der Waals surface area (Å²) in [5.74, 6) is 1.60. The van der Waals surface area contributed by atoms with Gasteiger partial charge in [0.25, 0.3) is 0 Å². The Balaban J connectivity index is 2.03. The van der Waals surface area contributed by atoms with Gasteiger partial charge in [-0.1, -0.05) is 12.1 Å². The topological polar surface area (TPSA) is 47.0 Å². The maximum atomic E-state index is 5.28. The van der Waals surface area contributed by atoms with Gasteiger partial charge in [0.15, 0.2) is 5.82 Å². The molecule has 0 saturated carbocycles. The molecule has 1 N–H and O–H groups in total. The standard InChI is InChI=1S/C16H17N3OS/c1-11(20-2)9-17-16-13-5-3-4-6-14(13)18-15(19-16)12-7-8-21-10-12/h3-8,10-11H,9H2,1-2H3,(H,17,18,19). The first-order valence-electron chi connectivity index (χ1n) is 6.84. The van der Waals surface area contributed by atoms with Crippen molar-refractivity contribution in [3.05, 3.63) is 41.1 Å². The number of aromatic nitrogens is 2. The highest BCUT2D eigenvalue weighted by Crippen LogP contribution is 2.26. The Morgan fingerprint density at radius 3 is 2.86 bits per heavy atom. The lowest BCUT2D eigenvalue weighted by Crippen LogP contribution is -2.19. The molecule has 4 nitrogen and oxygen atoms in total. The summed E-state index contributed by atoms with van der Waals surface area (Å²) in [7, 11) is 1.71. The zero-order valence-electron chi connectivity index (χ0n) is 12.0. The molecule has 0 radical (unpaired) electrons. The van der Waals surface area contributed by atoms with Gasteiger partial charge in [-0.3, -0.25) is 0 Å². The number of thiophene rings is 1. The van der Waals surface area contributed by atoms with Crippen LogP contribution in [0.3, 0.4) is 0 Å². The molecular weight excluding hydrogens is 282 g/mol. The number of nitrogens with one attached hydrogen (secondary N) is 1. The summed E-state index contributed by atoms with van der Waals surface area (Å²) in [6, 6.07) is 10.1. The summed E-state index contributed by atoms with van der Waals surface area (Å²) in [5, 5.41) is 8.49. The second-order valence-electron chi connectivity index (χ2n) is 4.85. The average molecular weight is 299 g/mol. The van der Waals surface area contributed by atoms with Crippen molar-refractivity contribution >= 4 is 28.1 Å². The number of hydrogen-bond donors (Lipinski definition) is 1. The first-order chi connectivity index (χ1) is 10.3.